The molecule has 0 unspecified atom stereocenters. The molecule has 0 atom stereocenters. The first-order valence-corrected chi connectivity index (χ1v) is 6.91. The molecule has 0 spiro atoms. The van der Waals surface area contributed by atoms with Gasteiger partial charge in [-0.2, -0.15) is 0 Å². The molecule has 0 aliphatic carbocycles. The average Bonchev–Trinajstić information content (AvgIpc) is 2.72. The van der Waals surface area contributed by atoms with E-state index in [-0.39, 0.29) is 15.7 Å². The molecule has 0 bridgehead atoms. The molecule has 0 aliphatic rings. The number of halogens is 3. The van der Waals surface area contributed by atoms with Gasteiger partial charge in [-0.3, -0.25) is 0 Å². The Kier molecular flexibility index (Phi) is 4.52. The first kappa shape index (κ1) is 15.1. The van der Waals surface area contributed by atoms with Crippen LogP contribution in [0.1, 0.15) is 29.5 Å². The van der Waals surface area contributed by atoms with Gasteiger partial charge in [-0.25, -0.2) is 9.48 Å². The number of rotatable bonds is 4. The van der Waals surface area contributed by atoms with E-state index in [1.54, 1.807) is 0 Å². The van der Waals surface area contributed by atoms with Crippen LogP contribution in [0, 0.1) is 0 Å². The molecule has 106 valence electrons. The second kappa shape index (κ2) is 5.99. The minimum absolute atomic E-state index is 0.103. The summed E-state index contributed by atoms with van der Waals surface area (Å²) in [6.07, 6.45) is 1.22. The fourth-order valence-corrected chi connectivity index (χ4v) is 2.82. The first-order valence-electron chi connectivity index (χ1n) is 5.78. The van der Waals surface area contributed by atoms with Crippen molar-refractivity contribution < 1.29 is 9.90 Å². The quantitative estimate of drug-likeness (QED) is 0.921. The highest BCUT2D eigenvalue weighted by Gasteiger charge is 2.22. The molecule has 5 nitrogen and oxygen atoms in total. The van der Waals surface area contributed by atoms with Crippen molar-refractivity contribution in [2.24, 2.45) is 0 Å². The van der Waals surface area contributed by atoms with E-state index in [2.05, 4.69) is 10.3 Å². The highest BCUT2D eigenvalue weighted by Crippen LogP contribution is 2.33. The van der Waals surface area contributed by atoms with Gasteiger partial charge in [-0.15, -0.1) is 5.10 Å². The van der Waals surface area contributed by atoms with Crippen LogP contribution in [0.15, 0.2) is 12.1 Å². The highest BCUT2D eigenvalue weighted by atomic mass is 35.5. The Morgan fingerprint density at radius 3 is 2.40 bits per heavy atom. The van der Waals surface area contributed by atoms with Crippen LogP contribution in [0.2, 0.25) is 15.1 Å². The number of nitrogens with zero attached hydrogens (tertiary/aromatic N) is 3. The molecule has 0 saturated carbocycles. The van der Waals surface area contributed by atoms with Gasteiger partial charge in [0.25, 0.3) is 0 Å². The van der Waals surface area contributed by atoms with Crippen molar-refractivity contribution in [2.45, 2.75) is 19.8 Å². The van der Waals surface area contributed by atoms with Crippen LogP contribution in [-0.2, 0) is 6.42 Å². The fourth-order valence-electron chi connectivity index (χ4n) is 1.85. The molecule has 0 saturated heterocycles. The molecule has 20 heavy (non-hydrogen) atoms. The standard InChI is InChI=1S/C12H10Cl3N3O2/c1-2-3-9-10(12(19)20)16-17-18(9)11-7(14)4-6(13)5-8(11)15/h4-5H,2-3H2,1H3,(H,19,20). The van der Waals surface area contributed by atoms with Crippen molar-refractivity contribution in [3.63, 3.8) is 0 Å². The van der Waals surface area contributed by atoms with Gasteiger partial charge >= 0.3 is 5.97 Å². The van der Waals surface area contributed by atoms with Crippen molar-refractivity contribution in [1.29, 1.82) is 0 Å². The Morgan fingerprint density at radius 2 is 1.90 bits per heavy atom. The average molecular weight is 335 g/mol. The predicted molar refractivity (Wildman–Crippen MR) is 77.3 cm³/mol. The number of aromatic nitrogens is 3. The molecule has 1 aromatic carbocycles. The van der Waals surface area contributed by atoms with Crippen molar-refractivity contribution >= 4 is 40.8 Å². The number of carboxylic acids is 1. The van der Waals surface area contributed by atoms with Crippen molar-refractivity contribution in [3.05, 3.63) is 38.6 Å². The van der Waals surface area contributed by atoms with Crippen LogP contribution in [0.25, 0.3) is 5.69 Å². The summed E-state index contributed by atoms with van der Waals surface area (Å²) in [5.41, 5.74) is 0.723. The molecule has 1 aromatic heterocycles. The molecule has 1 heterocycles. The molecule has 0 fully saturated rings. The zero-order valence-corrected chi connectivity index (χ0v) is 12.7. The Morgan fingerprint density at radius 1 is 1.30 bits per heavy atom. The summed E-state index contributed by atoms with van der Waals surface area (Å²) in [4.78, 5) is 11.2. The van der Waals surface area contributed by atoms with Crippen molar-refractivity contribution in [2.75, 3.05) is 0 Å². The summed E-state index contributed by atoms with van der Waals surface area (Å²) < 4.78 is 1.36. The number of hydrogen-bond donors (Lipinski definition) is 1. The van der Waals surface area contributed by atoms with Crippen LogP contribution >= 0.6 is 34.8 Å². The predicted octanol–water partition coefficient (Wildman–Crippen LogP) is 3.88. The van der Waals surface area contributed by atoms with Gasteiger partial charge in [0.05, 0.1) is 15.7 Å². The number of hydrogen-bond acceptors (Lipinski definition) is 3. The number of carbonyl (C=O) groups is 1. The minimum Gasteiger partial charge on any atom is -0.476 e. The van der Waals surface area contributed by atoms with Crippen LogP contribution in [-0.4, -0.2) is 26.1 Å². The van der Waals surface area contributed by atoms with Gasteiger partial charge in [0.1, 0.15) is 5.69 Å². The summed E-state index contributed by atoms with van der Waals surface area (Å²) in [6, 6.07) is 3.03. The van der Waals surface area contributed by atoms with Gasteiger partial charge in [-0.1, -0.05) is 53.4 Å². The molecule has 0 radical (unpaired) electrons. The summed E-state index contributed by atoms with van der Waals surface area (Å²) >= 11 is 18.1. The van der Waals surface area contributed by atoms with Gasteiger partial charge in [0.15, 0.2) is 5.69 Å². The zero-order chi connectivity index (χ0) is 14.9. The van der Waals surface area contributed by atoms with E-state index >= 15 is 0 Å². The van der Waals surface area contributed by atoms with Crippen LogP contribution in [0.3, 0.4) is 0 Å². The zero-order valence-electron chi connectivity index (χ0n) is 10.4. The maximum absolute atomic E-state index is 11.2. The normalized spacial score (nSPS) is 10.8. The highest BCUT2D eigenvalue weighted by molar-refractivity contribution is 6.40. The maximum Gasteiger partial charge on any atom is 0.358 e. The second-order valence-corrected chi connectivity index (χ2v) is 5.32. The molecule has 2 aromatic rings. The first-order chi connectivity index (χ1) is 9.45. The third-order valence-electron chi connectivity index (χ3n) is 2.65. The Hall–Kier alpha value is -1.30. The molecular weight excluding hydrogens is 325 g/mol. The summed E-state index contributed by atoms with van der Waals surface area (Å²) in [6.45, 7) is 1.92. The largest absolute Gasteiger partial charge is 0.476 e. The van der Waals surface area contributed by atoms with E-state index in [4.69, 9.17) is 39.9 Å². The number of carboxylic acid groups (broad SMARTS) is 1. The number of aromatic carboxylic acids is 1. The molecule has 0 amide bonds. The SMILES string of the molecule is CCCc1c(C(=O)O)nnn1-c1c(Cl)cc(Cl)cc1Cl. The van der Waals surface area contributed by atoms with Crippen LogP contribution in [0.5, 0.6) is 0 Å². The monoisotopic (exact) mass is 333 g/mol. The Balaban J connectivity index is 2.67. The summed E-state index contributed by atoms with van der Waals surface area (Å²) in [5.74, 6) is -1.14. The van der Waals surface area contributed by atoms with E-state index in [0.29, 0.717) is 22.8 Å². The van der Waals surface area contributed by atoms with Gasteiger partial charge in [0, 0.05) is 5.02 Å². The van der Waals surface area contributed by atoms with Crippen molar-refractivity contribution in [1.82, 2.24) is 15.0 Å². The topological polar surface area (TPSA) is 68.0 Å². The third kappa shape index (κ3) is 2.75. The van der Waals surface area contributed by atoms with Gasteiger partial charge in [-0.05, 0) is 18.6 Å². The van der Waals surface area contributed by atoms with E-state index < -0.39 is 5.97 Å². The van der Waals surface area contributed by atoms with E-state index in [9.17, 15) is 4.79 Å². The molecule has 8 heteroatoms. The lowest BCUT2D eigenvalue weighted by Crippen LogP contribution is -2.07. The second-order valence-electron chi connectivity index (χ2n) is 4.07. The van der Waals surface area contributed by atoms with E-state index in [1.807, 2.05) is 6.92 Å². The summed E-state index contributed by atoms with van der Waals surface area (Å²) in [5, 5.41) is 17.6. The molecular formula is C12H10Cl3N3O2. The maximum atomic E-state index is 11.2. The van der Waals surface area contributed by atoms with Gasteiger partial charge in [0.2, 0.25) is 0 Å². The smallest absolute Gasteiger partial charge is 0.358 e. The Labute approximate surface area is 130 Å². The minimum atomic E-state index is -1.14. The van der Waals surface area contributed by atoms with Crippen LogP contribution < -0.4 is 0 Å². The lowest BCUT2D eigenvalue weighted by atomic mass is 10.2. The molecule has 1 N–H and O–H groups in total. The fraction of sp³-hybridized carbons (Fsp3) is 0.250. The van der Waals surface area contributed by atoms with Crippen molar-refractivity contribution in [3.8, 4) is 5.69 Å². The third-order valence-corrected chi connectivity index (χ3v) is 3.44. The lowest BCUT2D eigenvalue weighted by Gasteiger charge is -2.10. The Bertz CT molecular complexity index is 647. The molecule has 0 aliphatic heterocycles. The number of benzene rings is 1. The van der Waals surface area contributed by atoms with E-state index in [1.165, 1.54) is 16.8 Å². The van der Waals surface area contributed by atoms with E-state index in [0.717, 1.165) is 6.42 Å². The molecule has 2 rings (SSSR count). The van der Waals surface area contributed by atoms with Gasteiger partial charge < -0.3 is 5.11 Å². The summed E-state index contributed by atoms with van der Waals surface area (Å²) in [7, 11) is 0. The lowest BCUT2D eigenvalue weighted by molar-refractivity contribution is 0.0689. The van der Waals surface area contributed by atoms with Crippen LogP contribution in [0.4, 0.5) is 0 Å².